The highest BCUT2D eigenvalue weighted by atomic mass is 32.1. The molecule has 7 aromatic heterocycles. The number of pyridine rings is 2. The summed E-state index contributed by atoms with van der Waals surface area (Å²) in [5, 5.41) is 3.81. The van der Waals surface area contributed by atoms with Crippen LogP contribution in [-0.4, -0.2) is 18.8 Å². The van der Waals surface area contributed by atoms with Gasteiger partial charge in [-0.3, -0.25) is 18.4 Å². The fourth-order valence-electron chi connectivity index (χ4n) is 7.94. The van der Waals surface area contributed by atoms with Gasteiger partial charge in [0.1, 0.15) is 20.0 Å². The molecule has 0 aliphatic carbocycles. The first-order valence-corrected chi connectivity index (χ1v) is 20.1. The fraction of sp³-hybridized carbons (Fsp3) is 0.474. The number of hydrogen-bond donors (Lipinski definition) is 0. The molecule has 0 aliphatic rings. The maximum absolute atomic E-state index is 14.9. The highest BCUT2D eigenvalue weighted by Gasteiger charge is 2.30. The van der Waals surface area contributed by atoms with Gasteiger partial charge in [0, 0.05) is 25.9 Å². The van der Waals surface area contributed by atoms with Crippen LogP contribution in [0.4, 0.5) is 0 Å². The van der Waals surface area contributed by atoms with Gasteiger partial charge in [-0.2, -0.15) is 0 Å². The van der Waals surface area contributed by atoms with Gasteiger partial charge < -0.3 is 0 Å². The predicted molar refractivity (Wildman–Crippen MR) is 204 cm³/mol. The first-order chi connectivity index (χ1) is 22.9. The average Bonchev–Trinajstić information content (AvgIpc) is 3.84. The number of thiophene rings is 3. The summed E-state index contributed by atoms with van der Waals surface area (Å²) < 4.78 is 5.42. The van der Waals surface area contributed by atoms with E-state index in [-0.39, 0.29) is 11.1 Å². The van der Waals surface area contributed by atoms with Gasteiger partial charge in [0.25, 0.3) is 11.1 Å². The van der Waals surface area contributed by atoms with Crippen molar-refractivity contribution in [2.24, 2.45) is 0 Å². The Kier molecular flexibility index (Phi) is 8.21. The molecule has 0 unspecified atom stereocenters. The lowest BCUT2D eigenvalue weighted by Crippen LogP contribution is -2.17. The standard InChI is InChI=1S/C38H42N4O2S3/c1-5-7-9-11-13-15-17-23-24(18-16-14-12-10-8-6-2)28-30-29-27(23)33-39-35-25(19-21(3)45-35)41(33)38(44)32(29)47-31(30)34-40-36-26(20-22(4)46-36)42(34)37(28)43/h19-20H,5-18H2,1-4H3. The monoisotopic (exact) mass is 682 g/mol. The third-order valence-electron chi connectivity index (χ3n) is 10.1. The van der Waals surface area contributed by atoms with E-state index in [1.807, 2.05) is 8.80 Å². The molecular formula is C38H42N4O2S3. The molecule has 0 aliphatic heterocycles. The molecule has 8 aromatic rings. The number of unbranched alkanes of at least 4 members (excludes halogenated alkanes) is 10. The van der Waals surface area contributed by atoms with E-state index in [0.717, 1.165) is 99.1 Å². The number of benzene rings is 1. The second kappa shape index (κ2) is 12.4. The van der Waals surface area contributed by atoms with Gasteiger partial charge in [0.15, 0.2) is 5.65 Å². The number of imidazole rings is 2. The second-order valence-corrected chi connectivity index (χ2v) is 17.0. The zero-order chi connectivity index (χ0) is 32.4. The molecular weight excluding hydrogens is 641 g/mol. The Labute approximate surface area is 285 Å². The summed E-state index contributed by atoms with van der Waals surface area (Å²) in [6.07, 6.45) is 16.2. The van der Waals surface area contributed by atoms with Crippen molar-refractivity contribution in [1.29, 1.82) is 0 Å². The fourth-order valence-corrected chi connectivity index (χ4v) is 10.9. The first kappa shape index (κ1) is 31.1. The number of hydrogen-bond acceptors (Lipinski definition) is 7. The molecule has 0 bridgehead atoms. The summed E-state index contributed by atoms with van der Waals surface area (Å²) >= 11 is 4.81. The van der Waals surface area contributed by atoms with Gasteiger partial charge >= 0.3 is 0 Å². The van der Waals surface area contributed by atoms with Crippen molar-refractivity contribution in [3.63, 3.8) is 0 Å². The maximum Gasteiger partial charge on any atom is 0.274 e. The number of nitrogens with zero attached hydrogens (tertiary/aromatic N) is 4. The smallest absolute Gasteiger partial charge is 0.268 e. The lowest BCUT2D eigenvalue weighted by molar-refractivity contribution is 0.600. The Balaban J connectivity index is 1.45. The Hall–Kier alpha value is -3.14. The van der Waals surface area contributed by atoms with E-state index in [4.69, 9.17) is 9.97 Å². The Bertz CT molecular complexity index is 2530. The molecule has 244 valence electrons. The highest BCUT2D eigenvalue weighted by molar-refractivity contribution is 7.27. The van der Waals surface area contributed by atoms with Crippen molar-refractivity contribution in [2.45, 2.75) is 118 Å². The number of aryl methyl sites for hydroxylation is 4. The van der Waals surface area contributed by atoms with Gasteiger partial charge in [-0.05, 0) is 62.8 Å². The minimum atomic E-state index is -0.0284. The lowest BCUT2D eigenvalue weighted by atomic mass is 9.87. The van der Waals surface area contributed by atoms with Crippen LogP contribution in [0.3, 0.4) is 0 Å². The van der Waals surface area contributed by atoms with Crippen molar-refractivity contribution in [1.82, 2.24) is 18.8 Å². The van der Waals surface area contributed by atoms with E-state index in [1.54, 1.807) is 22.7 Å². The van der Waals surface area contributed by atoms with Gasteiger partial charge in [-0.1, -0.05) is 78.1 Å². The Morgan fingerprint density at radius 3 is 1.64 bits per heavy atom. The van der Waals surface area contributed by atoms with Crippen molar-refractivity contribution in [3.05, 3.63) is 53.7 Å². The van der Waals surface area contributed by atoms with Crippen molar-refractivity contribution >= 4 is 96.9 Å². The van der Waals surface area contributed by atoms with Crippen molar-refractivity contribution in [3.8, 4) is 0 Å². The van der Waals surface area contributed by atoms with E-state index in [2.05, 4.69) is 39.8 Å². The summed E-state index contributed by atoms with van der Waals surface area (Å²) in [6, 6.07) is 4.20. The molecule has 0 saturated heterocycles. The van der Waals surface area contributed by atoms with Crippen molar-refractivity contribution in [2.75, 3.05) is 0 Å². The van der Waals surface area contributed by atoms with Crippen LogP contribution < -0.4 is 11.1 Å². The predicted octanol–water partition coefficient (Wildman–Crippen LogP) is 11.0. The van der Waals surface area contributed by atoms with E-state index < -0.39 is 0 Å². The lowest BCUT2D eigenvalue weighted by Gasteiger charge is -2.18. The molecule has 9 heteroatoms. The molecule has 0 amide bonds. The molecule has 6 nitrogen and oxygen atoms in total. The molecule has 0 spiro atoms. The topological polar surface area (TPSA) is 68.7 Å². The van der Waals surface area contributed by atoms with Crippen LogP contribution in [0.15, 0.2) is 21.7 Å². The SMILES string of the molecule is CCCCCCCCc1c(CCCCCCCC)c2c3c(sc4c3c1c(=O)n1c3cc(C)sc3nc41)c(=O)n1c3cc(C)sc3nc21. The van der Waals surface area contributed by atoms with Crippen LogP contribution in [0.25, 0.3) is 62.9 Å². The van der Waals surface area contributed by atoms with Crippen LogP contribution >= 0.6 is 34.0 Å². The zero-order valence-corrected chi connectivity index (χ0v) is 30.3. The quantitative estimate of drug-likeness (QED) is 0.0845. The average molecular weight is 683 g/mol. The molecule has 0 atom stereocenters. The number of fused-ring (bicyclic) bond motifs is 8. The Morgan fingerprint density at radius 2 is 1.04 bits per heavy atom. The van der Waals surface area contributed by atoms with Gasteiger partial charge in [0.2, 0.25) is 0 Å². The van der Waals surface area contributed by atoms with Crippen LogP contribution in [0, 0.1) is 13.8 Å². The molecule has 0 N–H and O–H groups in total. The maximum atomic E-state index is 14.9. The molecule has 1 aromatic carbocycles. The van der Waals surface area contributed by atoms with Crippen LogP contribution in [-0.2, 0) is 12.8 Å². The molecule has 0 radical (unpaired) electrons. The summed E-state index contributed by atoms with van der Waals surface area (Å²) in [6.45, 7) is 8.68. The van der Waals surface area contributed by atoms with Crippen molar-refractivity contribution < 1.29 is 0 Å². The largest absolute Gasteiger partial charge is 0.274 e. The minimum absolute atomic E-state index is 0.0202. The third-order valence-corrected chi connectivity index (χ3v) is 13.2. The molecule has 0 fully saturated rings. The highest BCUT2D eigenvalue weighted by Crippen LogP contribution is 2.46. The van der Waals surface area contributed by atoms with Gasteiger partial charge in [0.05, 0.1) is 21.1 Å². The summed E-state index contributed by atoms with van der Waals surface area (Å²) in [7, 11) is 0. The van der Waals surface area contributed by atoms with Crippen LogP contribution in [0.5, 0.6) is 0 Å². The zero-order valence-electron chi connectivity index (χ0n) is 27.9. The van der Waals surface area contributed by atoms with E-state index in [0.29, 0.717) is 5.65 Å². The minimum Gasteiger partial charge on any atom is -0.268 e. The van der Waals surface area contributed by atoms with Gasteiger partial charge in [-0.25, -0.2) is 9.97 Å². The Morgan fingerprint density at radius 1 is 0.553 bits per heavy atom. The summed E-state index contributed by atoms with van der Waals surface area (Å²) in [4.78, 5) is 43.7. The third kappa shape index (κ3) is 4.90. The normalized spacial score (nSPS) is 12.8. The molecule has 8 rings (SSSR count). The molecule has 7 heterocycles. The van der Waals surface area contributed by atoms with Crippen LogP contribution in [0.2, 0.25) is 0 Å². The van der Waals surface area contributed by atoms with Crippen LogP contribution in [0.1, 0.15) is 112 Å². The molecule has 47 heavy (non-hydrogen) atoms. The molecule has 0 saturated carbocycles. The first-order valence-electron chi connectivity index (χ1n) is 17.6. The van der Waals surface area contributed by atoms with E-state index in [9.17, 15) is 9.59 Å². The van der Waals surface area contributed by atoms with Gasteiger partial charge in [-0.15, -0.1) is 34.0 Å². The van der Waals surface area contributed by atoms with E-state index >= 15 is 0 Å². The number of aromatic nitrogens is 4. The summed E-state index contributed by atoms with van der Waals surface area (Å²) in [5.74, 6) is 0. The van der Waals surface area contributed by atoms with E-state index in [1.165, 1.54) is 80.3 Å². The number of rotatable bonds is 14. The summed E-state index contributed by atoms with van der Waals surface area (Å²) in [5.41, 5.74) is 5.67. The second-order valence-electron chi connectivity index (χ2n) is 13.5.